The van der Waals surface area contributed by atoms with Crippen LogP contribution in [0.1, 0.15) is 11.5 Å². The van der Waals surface area contributed by atoms with Crippen LogP contribution in [0, 0.1) is 0 Å². The Hall–Kier alpha value is -2.01. The van der Waals surface area contributed by atoms with Crippen LogP contribution in [-0.2, 0) is 13.2 Å². The molecule has 0 saturated carbocycles. The van der Waals surface area contributed by atoms with Crippen LogP contribution in [0.4, 0.5) is 11.4 Å². The topological polar surface area (TPSA) is 61.5 Å². The van der Waals surface area contributed by atoms with Gasteiger partial charge in [-0.05, 0) is 18.2 Å². The molecule has 5 nitrogen and oxygen atoms in total. The summed E-state index contributed by atoms with van der Waals surface area (Å²) in [6.45, 7) is 0.488. The fraction of sp³-hybridized carbons (Fsp3) is 0.308. The Bertz CT molecular complexity index is 508. The summed E-state index contributed by atoms with van der Waals surface area (Å²) in [4.78, 5) is 6.12. The molecule has 0 aromatic carbocycles. The van der Waals surface area contributed by atoms with E-state index in [0.717, 1.165) is 17.1 Å². The van der Waals surface area contributed by atoms with E-state index in [1.165, 1.54) is 0 Å². The van der Waals surface area contributed by atoms with Crippen LogP contribution in [0.25, 0.3) is 0 Å². The maximum atomic E-state index is 8.92. The van der Waals surface area contributed by atoms with Crippen LogP contribution in [0.3, 0.4) is 0 Å². The van der Waals surface area contributed by atoms with E-state index in [-0.39, 0.29) is 6.61 Å². The molecule has 0 amide bonds. The second-order valence-corrected chi connectivity index (χ2v) is 4.17. The van der Waals surface area contributed by atoms with Crippen LogP contribution < -0.4 is 10.2 Å². The zero-order valence-electron chi connectivity index (χ0n) is 10.6. The van der Waals surface area contributed by atoms with Crippen LogP contribution in [-0.4, -0.2) is 24.2 Å². The molecule has 0 fully saturated rings. The molecule has 5 heteroatoms. The Morgan fingerprint density at radius 1 is 1.28 bits per heavy atom. The number of furan rings is 1. The monoisotopic (exact) mass is 247 g/mol. The Labute approximate surface area is 106 Å². The molecule has 2 heterocycles. The molecule has 2 N–H and O–H groups in total. The first-order valence-electron chi connectivity index (χ1n) is 5.74. The molecule has 2 aromatic heterocycles. The fourth-order valence-electron chi connectivity index (χ4n) is 1.70. The molecule has 2 rings (SSSR count). The minimum Gasteiger partial charge on any atom is -0.462 e. The minimum atomic E-state index is -0.0736. The standard InChI is InChI=1S/C13H17N3O2/c1-16(2)13-5-6-14-8-12(13)15-7-10-3-4-11(9-17)18-10/h3-6,8,15,17H,7,9H2,1-2H3. The molecule has 0 saturated heterocycles. The van der Waals surface area contributed by atoms with Gasteiger partial charge in [0.25, 0.3) is 0 Å². The zero-order valence-corrected chi connectivity index (χ0v) is 10.6. The number of aliphatic hydroxyl groups is 1. The summed E-state index contributed by atoms with van der Waals surface area (Å²) in [6, 6.07) is 5.57. The highest BCUT2D eigenvalue weighted by molar-refractivity contribution is 5.67. The normalized spacial score (nSPS) is 10.4. The molecule has 18 heavy (non-hydrogen) atoms. The van der Waals surface area contributed by atoms with E-state index in [1.54, 1.807) is 18.5 Å². The molecular weight excluding hydrogens is 230 g/mol. The zero-order chi connectivity index (χ0) is 13.0. The number of pyridine rings is 1. The van der Waals surface area contributed by atoms with Crippen molar-refractivity contribution in [3.63, 3.8) is 0 Å². The lowest BCUT2D eigenvalue weighted by Crippen LogP contribution is -2.12. The van der Waals surface area contributed by atoms with Gasteiger partial charge < -0.3 is 19.7 Å². The van der Waals surface area contributed by atoms with Gasteiger partial charge in [0.05, 0.1) is 24.1 Å². The first kappa shape index (κ1) is 12.4. The molecule has 0 aliphatic rings. The Morgan fingerprint density at radius 2 is 2.06 bits per heavy atom. The Kier molecular flexibility index (Phi) is 3.84. The van der Waals surface area contributed by atoms with E-state index in [1.807, 2.05) is 31.1 Å². The van der Waals surface area contributed by atoms with Gasteiger partial charge in [-0.15, -0.1) is 0 Å². The fourth-order valence-corrected chi connectivity index (χ4v) is 1.70. The van der Waals surface area contributed by atoms with Crippen LogP contribution in [0.5, 0.6) is 0 Å². The molecule has 2 aromatic rings. The molecular formula is C13H17N3O2. The number of nitrogens with one attached hydrogen (secondary N) is 1. The smallest absolute Gasteiger partial charge is 0.129 e. The summed E-state index contributed by atoms with van der Waals surface area (Å²) >= 11 is 0. The third-order valence-corrected chi connectivity index (χ3v) is 2.61. The molecule has 0 aliphatic heterocycles. The molecule has 96 valence electrons. The van der Waals surface area contributed by atoms with Gasteiger partial charge in [-0.25, -0.2) is 0 Å². The predicted octanol–water partition coefficient (Wildman–Crippen LogP) is 1.84. The molecule has 0 atom stereocenters. The van der Waals surface area contributed by atoms with Crippen molar-refractivity contribution >= 4 is 11.4 Å². The van der Waals surface area contributed by atoms with Crippen LogP contribution in [0.15, 0.2) is 35.0 Å². The second-order valence-electron chi connectivity index (χ2n) is 4.17. The summed E-state index contributed by atoms with van der Waals surface area (Å²) in [5.41, 5.74) is 2.02. The molecule has 0 aliphatic carbocycles. The quantitative estimate of drug-likeness (QED) is 0.844. The maximum absolute atomic E-state index is 8.92. The number of anilines is 2. The van der Waals surface area contributed by atoms with Gasteiger partial charge >= 0.3 is 0 Å². The number of nitrogens with zero attached hydrogens (tertiary/aromatic N) is 2. The summed E-state index contributed by atoms with van der Waals surface area (Å²) in [6.07, 6.45) is 3.54. The van der Waals surface area contributed by atoms with Crippen molar-refractivity contribution in [1.29, 1.82) is 0 Å². The van der Waals surface area contributed by atoms with Crippen LogP contribution >= 0.6 is 0 Å². The Balaban J connectivity index is 2.05. The van der Waals surface area contributed by atoms with Gasteiger partial charge in [0.1, 0.15) is 18.1 Å². The van der Waals surface area contributed by atoms with E-state index in [4.69, 9.17) is 9.52 Å². The average Bonchev–Trinajstić information content (AvgIpc) is 2.84. The number of aromatic nitrogens is 1. The van der Waals surface area contributed by atoms with Crippen LogP contribution in [0.2, 0.25) is 0 Å². The lowest BCUT2D eigenvalue weighted by molar-refractivity contribution is 0.244. The van der Waals surface area contributed by atoms with Gasteiger partial charge in [-0.3, -0.25) is 4.98 Å². The summed E-state index contributed by atoms with van der Waals surface area (Å²) in [5.74, 6) is 1.36. The largest absolute Gasteiger partial charge is 0.462 e. The lowest BCUT2D eigenvalue weighted by atomic mass is 10.3. The second kappa shape index (κ2) is 5.55. The number of rotatable bonds is 5. The third-order valence-electron chi connectivity index (χ3n) is 2.61. The number of aliphatic hydroxyl groups excluding tert-OH is 1. The van der Waals surface area contributed by atoms with Crippen molar-refractivity contribution in [3.8, 4) is 0 Å². The first-order valence-corrected chi connectivity index (χ1v) is 5.74. The van der Waals surface area contributed by atoms with Gasteiger partial charge in [0.2, 0.25) is 0 Å². The Morgan fingerprint density at radius 3 is 2.72 bits per heavy atom. The van der Waals surface area contributed by atoms with Crippen molar-refractivity contribution in [3.05, 3.63) is 42.1 Å². The van der Waals surface area contributed by atoms with Gasteiger partial charge in [-0.1, -0.05) is 0 Å². The van der Waals surface area contributed by atoms with E-state index in [9.17, 15) is 0 Å². The van der Waals surface area contributed by atoms with E-state index in [2.05, 4.69) is 10.3 Å². The van der Waals surface area contributed by atoms with Crippen molar-refractivity contribution in [2.24, 2.45) is 0 Å². The van der Waals surface area contributed by atoms with Crippen molar-refractivity contribution < 1.29 is 9.52 Å². The SMILES string of the molecule is CN(C)c1ccncc1NCc1ccc(CO)o1. The first-order chi connectivity index (χ1) is 8.70. The third kappa shape index (κ3) is 2.81. The van der Waals surface area contributed by atoms with E-state index in [0.29, 0.717) is 12.3 Å². The molecule has 0 radical (unpaired) electrons. The van der Waals surface area contributed by atoms with Crippen molar-refractivity contribution in [2.45, 2.75) is 13.2 Å². The molecule has 0 bridgehead atoms. The highest BCUT2D eigenvalue weighted by Gasteiger charge is 2.05. The maximum Gasteiger partial charge on any atom is 0.129 e. The molecule has 0 spiro atoms. The minimum absolute atomic E-state index is 0.0736. The average molecular weight is 247 g/mol. The summed E-state index contributed by atoms with van der Waals surface area (Å²) in [7, 11) is 3.97. The molecule has 0 unspecified atom stereocenters. The van der Waals surface area contributed by atoms with Gasteiger partial charge in [-0.2, -0.15) is 0 Å². The highest BCUT2D eigenvalue weighted by atomic mass is 16.4. The highest BCUT2D eigenvalue weighted by Crippen LogP contribution is 2.23. The summed E-state index contributed by atoms with van der Waals surface area (Å²) in [5, 5.41) is 12.2. The van der Waals surface area contributed by atoms with E-state index >= 15 is 0 Å². The number of hydrogen-bond donors (Lipinski definition) is 2. The number of hydrogen-bond acceptors (Lipinski definition) is 5. The van der Waals surface area contributed by atoms with Gasteiger partial charge in [0, 0.05) is 20.3 Å². The van der Waals surface area contributed by atoms with Crippen molar-refractivity contribution in [1.82, 2.24) is 4.98 Å². The van der Waals surface area contributed by atoms with Crippen molar-refractivity contribution in [2.75, 3.05) is 24.3 Å². The predicted molar refractivity (Wildman–Crippen MR) is 70.5 cm³/mol. The lowest BCUT2D eigenvalue weighted by Gasteiger charge is -2.17. The summed E-state index contributed by atoms with van der Waals surface area (Å²) < 4.78 is 5.41. The van der Waals surface area contributed by atoms with E-state index < -0.39 is 0 Å². The van der Waals surface area contributed by atoms with Gasteiger partial charge in [0.15, 0.2) is 0 Å².